The predicted molar refractivity (Wildman–Crippen MR) is 140 cm³/mol. The van der Waals surface area contributed by atoms with Gasteiger partial charge in [0.1, 0.15) is 0 Å². The van der Waals surface area contributed by atoms with E-state index in [0.717, 1.165) is 16.8 Å². The molecule has 2 amide bonds. The van der Waals surface area contributed by atoms with Gasteiger partial charge in [0.05, 0.1) is 18.4 Å². The van der Waals surface area contributed by atoms with E-state index in [1.807, 2.05) is 30.3 Å². The highest BCUT2D eigenvalue weighted by Crippen LogP contribution is 2.39. The molecule has 38 heavy (non-hydrogen) atoms. The summed E-state index contributed by atoms with van der Waals surface area (Å²) in [5.74, 6) is 5.11. The summed E-state index contributed by atoms with van der Waals surface area (Å²) in [4.78, 5) is 30.6. The van der Waals surface area contributed by atoms with Crippen LogP contribution in [0, 0.1) is 17.3 Å². The molecule has 0 unspecified atom stereocenters. The van der Waals surface area contributed by atoms with Gasteiger partial charge in [-0.25, -0.2) is 9.67 Å². The fraction of sp³-hybridized carbons (Fsp3) is 0.379. The number of carbonyl (C=O) groups is 2. The van der Waals surface area contributed by atoms with Gasteiger partial charge in [-0.05, 0) is 29.5 Å². The van der Waals surface area contributed by atoms with Crippen molar-refractivity contribution in [2.75, 3.05) is 13.6 Å². The lowest BCUT2D eigenvalue weighted by Crippen LogP contribution is -2.40. The first-order chi connectivity index (χ1) is 18.1. The molecular formula is C29H31N5O4. The number of ether oxygens (including phenoxy) is 1. The van der Waals surface area contributed by atoms with Crippen molar-refractivity contribution in [3.63, 3.8) is 0 Å². The van der Waals surface area contributed by atoms with Crippen molar-refractivity contribution in [2.45, 2.75) is 51.4 Å². The maximum atomic E-state index is 12.4. The number of likely N-dealkylation sites (N-methyl/N-ethyl adjacent to an activating group) is 1. The number of carbonyl (C=O) groups excluding carboxylic acids is 2. The highest BCUT2D eigenvalue weighted by molar-refractivity contribution is 5.93. The summed E-state index contributed by atoms with van der Waals surface area (Å²) in [5, 5.41) is 15.2. The van der Waals surface area contributed by atoms with E-state index in [4.69, 9.17) is 10.5 Å². The number of hydrogen-bond acceptors (Lipinski definition) is 6. The first-order valence-electron chi connectivity index (χ1n) is 12.6. The zero-order valence-corrected chi connectivity index (χ0v) is 21.8. The number of fused-ring (bicyclic) bond motifs is 1. The molecule has 0 bridgehead atoms. The molecule has 2 aromatic heterocycles. The number of benzene rings is 1. The number of amides is 2. The molecule has 2 aliphatic rings. The molecule has 196 valence electrons. The number of hydrogen-bond donors (Lipinski definition) is 2. The highest BCUT2D eigenvalue weighted by Gasteiger charge is 2.43. The number of nitrogens with two attached hydrogens (primary N) is 1. The lowest BCUT2D eigenvalue weighted by Gasteiger charge is -2.38. The molecule has 1 aliphatic heterocycles. The summed E-state index contributed by atoms with van der Waals surface area (Å²) in [5.41, 5.74) is 7.26. The molecule has 1 saturated heterocycles. The van der Waals surface area contributed by atoms with Gasteiger partial charge >= 0.3 is 0 Å². The van der Waals surface area contributed by atoms with Gasteiger partial charge in [-0.15, -0.1) is 0 Å². The first-order valence-corrected chi connectivity index (χ1v) is 12.6. The third-order valence-corrected chi connectivity index (χ3v) is 7.39. The SMILES string of the molecule is CN1CC[C@@](O)(C#Cc2ccnc(-n3nc(C(N)=O)c4c3CC(C)(C)[C@H](OCc3ccccc3)C4)c2)C1=O. The number of aromatic nitrogens is 3. The molecular weight excluding hydrogens is 482 g/mol. The van der Waals surface area contributed by atoms with Gasteiger partial charge in [-0.1, -0.05) is 56.0 Å². The molecule has 1 aliphatic carbocycles. The zero-order valence-electron chi connectivity index (χ0n) is 21.8. The van der Waals surface area contributed by atoms with Crippen molar-refractivity contribution in [3.05, 3.63) is 76.7 Å². The van der Waals surface area contributed by atoms with Crippen LogP contribution in [0.25, 0.3) is 5.82 Å². The third kappa shape index (κ3) is 4.80. The summed E-state index contributed by atoms with van der Waals surface area (Å²) < 4.78 is 7.99. The normalized spacial score (nSPS) is 22.1. The van der Waals surface area contributed by atoms with Crippen LogP contribution in [0.5, 0.6) is 0 Å². The van der Waals surface area contributed by atoms with Gasteiger partial charge in [0.25, 0.3) is 11.8 Å². The average Bonchev–Trinajstić information content (AvgIpc) is 3.38. The predicted octanol–water partition coefficient (Wildman–Crippen LogP) is 2.02. The molecule has 9 heteroatoms. The lowest BCUT2D eigenvalue weighted by atomic mass is 9.73. The topological polar surface area (TPSA) is 124 Å². The summed E-state index contributed by atoms with van der Waals surface area (Å²) in [6, 6.07) is 13.4. The molecule has 1 aromatic carbocycles. The maximum absolute atomic E-state index is 12.4. The Morgan fingerprint density at radius 2 is 2.03 bits per heavy atom. The standard InChI is InChI=1S/C29H31N5O4/c1-28(2)17-22-21(16-23(28)38-18-20-7-5-4-6-8-20)25(26(30)35)32-34(22)24-15-19(10-13-31-24)9-11-29(37)12-14-33(3)27(29)36/h4-8,10,13,15,23,37H,12,14,16-18H2,1-3H3,(H2,30,35)/t23-,29+/m1/s1. The lowest BCUT2D eigenvalue weighted by molar-refractivity contribution is -0.137. The quantitative estimate of drug-likeness (QED) is 0.503. The molecule has 3 heterocycles. The second kappa shape index (κ2) is 9.71. The van der Waals surface area contributed by atoms with Gasteiger partial charge in [-0.3, -0.25) is 9.59 Å². The molecule has 0 saturated carbocycles. The first kappa shape index (κ1) is 25.6. The van der Waals surface area contributed by atoms with E-state index in [2.05, 4.69) is 35.8 Å². The average molecular weight is 514 g/mol. The van der Waals surface area contributed by atoms with Crippen LogP contribution in [0.2, 0.25) is 0 Å². The number of nitrogens with zero attached hydrogens (tertiary/aromatic N) is 4. The Hall–Kier alpha value is -4.00. The van der Waals surface area contributed by atoms with Gasteiger partial charge in [-0.2, -0.15) is 5.10 Å². The van der Waals surface area contributed by atoms with Crippen molar-refractivity contribution < 1.29 is 19.4 Å². The fourth-order valence-electron chi connectivity index (χ4n) is 5.09. The molecule has 2 atom stereocenters. The van der Waals surface area contributed by atoms with E-state index in [0.29, 0.717) is 37.4 Å². The van der Waals surface area contributed by atoms with Gasteiger partial charge in [0.2, 0.25) is 5.60 Å². The molecule has 9 nitrogen and oxygen atoms in total. The van der Waals surface area contributed by atoms with Crippen molar-refractivity contribution >= 4 is 11.8 Å². The number of likely N-dealkylation sites (tertiary alicyclic amines) is 1. The minimum atomic E-state index is -1.69. The van der Waals surface area contributed by atoms with Crippen molar-refractivity contribution in [1.29, 1.82) is 0 Å². The third-order valence-electron chi connectivity index (χ3n) is 7.39. The Labute approximate surface area is 221 Å². The molecule has 5 rings (SSSR count). The second-order valence-corrected chi connectivity index (χ2v) is 10.7. The summed E-state index contributed by atoms with van der Waals surface area (Å²) in [7, 11) is 1.64. The van der Waals surface area contributed by atoms with E-state index in [9.17, 15) is 14.7 Å². The fourth-order valence-corrected chi connectivity index (χ4v) is 5.09. The second-order valence-electron chi connectivity index (χ2n) is 10.7. The minimum absolute atomic E-state index is 0.140. The Morgan fingerprint density at radius 3 is 2.71 bits per heavy atom. The van der Waals surface area contributed by atoms with Crippen LogP contribution in [0.15, 0.2) is 48.7 Å². The van der Waals surface area contributed by atoms with Crippen molar-refractivity contribution in [2.24, 2.45) is 11.1 Å². The Kier molecular flexibility index (Phi) is 6.55. The number of primary amides is 1. The van der Waals surface area contributed by atoms with E-state index >= 15 is 0 Å². The number of aliphatic hydroxyl groups is 1. The van der Waals surface area contributed by atoms with Crippen LogP contribution in [-0.2, 0) is 29.0 Å². The maximum Gasteiger partial charge on any atom is 0.269 e. The Balaban J connectivity index is 1.46. The monoisotopic (exact) mass is 513 g/mol. The van der Waals surface area contributed by atoms with E-state index in [1.54, 1.807) is 30.1 Å². The summed E-state index contributed by atoms with van der Waals surface area (Å²) >= 11 is 0. The van der Waals surface area contributed by atoms with Gasteiger partial charge in [0, 0.05) is 43.8 Å². The number of rotatable bonds is 5. The van der Waals surface area contributed by atoms with Crippen LogP contribution in [0.1, 0.15) is 53.1 Å². The molecule has 3 N–H and O–H groups in total. The summed E-state index contributed by atoms with van der Waals surface area (Å²) in [6.45, 7) is 5.20. The Morgan fingerprint density at radius 1 is 1.26 bits per heavy atom. The van der Waals surface area contributed by atoms with Crippen LogP contribution in [-0.4, -0.2) is 61.9 Å². The Bertz CT molecular complexity index is 1450. The van der Waals surface area contributed by atoms with E-state index < -0.39 is 17.4 Å². The summed E-state index contributed by atoms with van der Waals surface area (Å²) in [6.07, 6.45) is 2.79. The molecule has 1 fully saturated rings. The van der Waals surface area contributed by atoms with Crippen LogP contribution < -0.4 is 5.73 Å². The van der Waals surface area contributed by atoms with E-state index in [1.165, 1.54) is 4.90 Å². The van der Waals surface area contributed by atoms with Gasteiger partial charge in [0.15, 0.2) is 11.5 Å². The van der Waals surface area contributed by atoms with Crippen LogP contribution >= 0.6 is 0 Å². The largest absolute Gasteiger partial charge is 0.373 e. The van der Waals surface area contributed by atoms with Crippen molar-refractivity contribution in [3.8, 4) is 17.7 Å². The highest BCUT2D eigenvalue weighted by atomic mass is 16.5. The smallest absolute Gasteiger partial charge is 0.269 e. The molecule has 0 spiro atoms. The van der Waals surface area contributed by atoms with Crippen LogP contribution in [0.4, 0.5) is 0 Å². The molecule has 3 aromatic rings. The minimum Gasteiger partial charge on any atom is -0.373 e. The van der Waals surface area contributed by atoms with E-state index in [-0.39, 0.29) is 23.6 Å². The van der Waals surface area contributed by atoms with Crippen molar-refractivity contribution in [1.82, 2.24) is 19.7 Å². The molecule has 0 radical (unpaired) electrons. The van der Waals surface area contributed by atoms with Crippen LogP contribution in [0.3, 0.4) is 0 Å². The number of pyridine rings is 1. The van der Waals surface area contributed by atoms with Gasteiger partial charge < -0.3 is 20.5 Å². The zero-order chi connectivity index (χ0) is 27.1.